The number of carbonyl (C=O) groups excluding carboxylic acids is 1. The van der Waals surface area contributed by atoms with E-state index in [0.29, 0.717) is 25.9 Å². The number of nitriles is 1. The van der Waals surface area contributed by atoms with Gasteiger partial charge in [-0.3, -0.25) is 4.79 Å². The monoisotopic (exact) mass is 279 g/mol. The minimum absolute atomic E-state index is 0.238. The molecule has 0 aliphatic rings. The van der Waals surface area contributed by atoms with Crippen molar-refractivity contribution in [3.63, 3.8) is 0 Å². The molecule has 0 amide bonds. The maximum absolute atomic E-state index is 10.4. The lowest BCUT2D eigenvalue weighted by atomic mass is 10.2. The van der Waals surface area contributed by atoms with Crippen LogP contribution in [-0.4, -0.2) is 23.7 Å². The van der Waals surface area contributed by atoms with Crippen molar-refractivity contribution in [3.05, 3.63) is 12.7 Å². The molecule has 0 bridgehead atoms. The topological polar surface area (TPSA) is 87.4 Å². The maximum Gasteiger partial charge on any atom is 0.330 e. The first-order valence-electron chi connectivity index (χ1n) is 6.39. The van der Waals surface area contributed by atoms with Gasteiger partial charge in [-0.1, -0.05) is 6.58 Å². The molecule has 0 rings (SSSR count). The summed E-state index contributed by atoms with van der Waals surface area (Å²) in [7, 11) is 0. The first kappa shape index (κ1) is 20.1. The third-order valence-corrected chi connectivity index (χ3v) is 2.06. The Morgan fingerprint density at radius 2 is 1.90 bits per heavy atom. The third-order valence-electron chi connectivity index (χ3n) is 2.06. The van der Waals surface area contributed by atoms with Gasteiger partial charge in [0.25, 0.3) is 0 Å². The van der Waals surface area contributed by atoms with Crippen LogP contribution >= 0.6 is 0 Å². The summed E-state index contributed by atoms with van der Waals surface area (Å²) in [5.74, 6) is 1.30. The lowest BCUT2D eigenvalue weighted by molar-refractivity contribution is -0.138. The number of nitrogens with zero attached hydrogens (tertiary/aromatic N) is 1. The molecule has 1 N–H and O–H groups in total. The average molecular weight is 279 g/mol. The molecular formula is C15H21NO4. The second kappa shape index (κ2) is 16.7. The van der Waals surface area contributed by atoms with Gasteiger partial charge in [-0.15, -0.1) is 12.3 Å². The Kier molecular flexibility index (Phi) is 16.8. The average Bonchev–Trinajstić information content (AvgIpc) is 2.43. The first-order chi connectivity index (χ1) is 9.58. The Hall–Kier alpha value is -2.27. The van der Waals surface area contributed by atoms with E-state index in [1.807, 2.05) is 6.07 Å². The number of hydrogen-bond donors (Lipinski definition) is 1. The number of terminal acetylenes is 1. The fourth-order valence-electron chi connectivity index (χ4n) is 1.04. The molecular weight excluding hydrogens is 258 g/mol. The van der Waals surface area contributed by atoms with Gasteiger partial charge in [0.15, 0.2) is 0 Å². The zero-order chi connectivity index (χ0) is 15.6. The SMILES string of the molecule is C#CCCCCC(=O)O.C=CC(=O)OCCCCC#N. The first-order valence-corrected chi connectivity index (χ1v) is 6.39. The van der Waals surface area contributed by atoms with Gasteiger partial charge in [0, 0.05) is 25.3 Å². The van der Waals surface area contributed by atoms with E-state index >= 15 is 0 Å². The van der Waals surface area contributed by atoms with Crippen molar-refractivity contribution in [1.29, 1.82) is 5.26 Å². The van der Waals surface area contributed by atoms with Crippen molar-refractivity contribution < 1.29 is 19.4 Å². The lowest BCUT2D eigenvalue weighted by Crippen LogP contribution is -2.01. The van der Waals surface area contributed by atoms with Crippen molar-refractivity contribution in [2.24, 2.45) is 0 Å². The number of aliphatic carboxylic acids is 1. The van der Waals surface area contributed by atoms with E-state index < -0.39 is 11.9 Å². The molecule has 0 spiro atoms. The Balaban J connectivity index is 0. The maximum atomic E-state index is 10.4. The fraction of sp³-hybridized carbons (Fsp3) is 0.533. The normalized spacial score (nSPS) is 8.30. The van der Waals surface area contributed by atoms with E-state index in [1.165, 1.54) is 0 Å². The van der Waals surface area contributed by atoms with E-state index in [-0.39, 0.29) is 6.42 Å². The minimum atomic E-state index is -0.743. The number of esters is 1. The van der Waals surface area contributed by atoms with Crippen LogP contribution in [0.3, 0.4) is 0 Å². The lowest BCUT2D eigenvalue weighted by Gasteiger charge is -1.98. The molecule has 0 aromatic carbocycles. The zero-order valence-electron chi connectivity index (χ0n) is 11.6. The van der Waals surface area contributed by atoms with Crippen LogP contribution < -0.4 is 0 Å². The number of carboxylic acid groups (broad SMARTS) is 1. The van der Waals surface area contributed by atoms with Crippen molar-refractivity contribution in [2.45, 2.75) is 44.9 Å². The Labute approximate surface area is 120 Å². The molecule has 0 radical (unpaired) electrons. The zero-order valence-corrected chi connectivity index (χ0v) is 11.6. The summed E-state index contributed by atoms with van der Waals surface area (Å²) >= 11 is 0. The minimum Gasteiger partial charge on any atom is -0.481 e. The van der Waals surface area contributed by atoms with Crippen molar-refractivity contribution in [1.82, 2.24) is 0 Å². The molecule has 5 heteroatoms. The molecule has 0 saturated heterocycles. The number of unbranched alkanes of at least 4 members (excludes halogenated alkanes) is 4. The van der Waals surface area contributed by atoms with Gasteiger partial charge >= 0.3 is 11.9 Å². The number of carboxylic acids is 1. The highest BCUT2D eigenvalue weighted by atomic mass is 16.5. The van der Waals surface area contributed by atoms with E-state index in [0.717, 1.165) is 25.3 Å². The largest absolute Gasteiger partial charge is 0.481 e. The summed E-state index contributed by atoms with van der Waals surface area (Å²) < 4.78 is 4.67. The van der Waals surface area contributed by atoms with E-state index in [4.69, 9.17) is 16.8 Å². The van der Waals surface area contributed by atoms with Crippen LogP contribution in [0.15, 0.2) is 12.7 Å². The Morgan fingerprint density at radius 3 is 2.40 bits per heavy atom. The molecule has 0 unspecified atom stereocenters. The quantitative estimate of drug-likeness (QED) is 0.303. The van der Waals surface area contributed by atoms with E-state index in [1.54, 1.807) is 0 Å². The summed E-state index contributed by atoms with van der Waals surface area (Å²) in [5.41, 5.74) is 0. The standard InChI is InChI=1S/C8H11NO2.C7H10O2/c1-2-8(10)11-7-5-3-4-6-9;1-2-3-4-5-6-7(8)9/h2H,1,3-5,7H2;1H,3-6H2,(H,8,9). The van der Waals surface area contributed by atoms with Gasteiger partial charge in [0.2, 0.25) is 0 Å². The van der Waals surface area contributed by atoms with Gasteiger partial charge in [0.05, 0.1) is 12.7 Å². The second-order valence-electron chi connectivity index (χ2n) is 3.79. The highest BCUT2D eigenvalue weighted by Gasteiger charge is 1.94. The van der Waals surface area contributed by atoms with Crippen molar-refractivity contribution >= 4 is 11.9 Å². The van der Waals surface area contributed by atoms with Gasteiger partial charge in [-0.2, -0.15) is 5.26 Å². The van der Waals surface area contributed by atoms with Crippen LogP contribution in [0.2, 0.25) is 0 Å². The number of carbonyl (C=O) groups is 2. The molecule has 0 saturated carbocycles. The van der Waals surface area contributed by atoms with Crippen LogP contribution in [0.5, 0.6) is 0 Å². The molecule has 0 heterocycles. The summed E-state index contributed by atoms with van der Waals surface area (Å²) in [4.78, 5) is 20.4. The molecule has 0 atom stereocenters. The van der Waals surface area contributed by atoms with Crippen LogP contribution in [0.1, 0.15) is 44.9 Å². The molecule has 0 aliphatic carbocycles. The smallest absolute Gasteiger partial charge is 0.330 e. The predicted octanol–water partition coefficient (Wildman–Crippen LogP) is 2.67. The van der Waals surface area contributed by atoms with Crippen LogP contribution in [0.4, 0.5) is 0 Å². The van der Waals surface area contributed by atoms with E-state index in [2.05, 4.69) is 17.2 Å². The molecule has 0 aromatic rings. The second-order valence-corrected chi connectivity index (χ2v) is 3.79. The summed E-state index contributed by atoms with van der Waals surface area (Å²) in [6.07, 6.45) is 10.6. The van der Waals surface area contributed by atoms with Crippen LogP contribution in [0, 0.1) is 23.7 Å². The van der Waals surface area contributed by atoms with Crippen LogP contribution in [0.25, 0.3) is 0 Å². The summed E-state index contributed by atoms with van der Waals surface area (Å²) in [5, 5.41) is 16.3. The number of ether oxygens (including phenoxy) is 1. The fourth-order valence-corrected chi connectivity index (χ4v) is 1.04. The van der Waals surface area contributed by atoms with Gasteiger partial charge in [0.1, 0.15) is 0 Å². The molecule has 0 aromatic heterocycles. The van der Waals surface area contributed by atoms with Gasteiger partial charge in [-0.05, 0) is 25.7 Å². The predicted molar refractivity (Wildman–Crippen MR) is 75.6 cm³/mol. The van der Waals surface area contributed by atoms with Gasteiger partial charge < -0.3 is 9.84 Å². The molecule has 20 heavy (non-hydrogen) atoms. The molecule has 110 valence electrons. The summed E-state index contributed by atoms with van der Waals surface area (Å²) in [6, 6.07) is 2.01. The highest BCUT2D eigenvalue weighted by molar-refractivity contribution is 5.81. The molecule has 5 nitrogen and oxygen atoms in total. The molecule has 0 fully saturated rings. The van der Waals surface area contributed by atoms with Crippen LogP contribution in [-0.2, 0) is 14.3 Å². The van der Waals surface area contributed by atoms with E-state index in [9.17, 15) is 9.59 Å². The Morgan fingerprint density at radius 1 is 1.25 bits per heavy atom. The Bertz CT molecular complexity index is 363. The molecule has 0 aliphatic heterocycles. The summed E-state index contributed by atoms with van der Waals surface area (Å²) in [6.45, 7) is 3.63. The van der Waals surface area contributed by atoms with Gasteiger partial charge in [-0.25, -0.2) is 4.79 Å². The third kappa shape index (κ3) is 21.1. The number of hydrogen-bond acceptors (Lipinski definition) is 4. The number of rotatable bonds is 9. The van der Waals surface area contributed by atoms with Crippen molar-refractivity contribution in [2.75, 3.05) is 6.61 Å². The highest BCUT2D eigenvalue weighted by Crippen LogP contribution is 1.97. The van der Waals surface area contributed by atoms with Crippen molar-refractivity contribution in [3.8, 4) is 18.4 Å².